The fraction of sp³-hybridized carbons (Fsp3) is 0.647. The minimum Gasteiger partial charge on any atom is -0.310 e. The third kappa shape index (κ3) is 4.00. The molecule has 1 aromatic carbocycles. The van der Waals surface area contributed by atoms with Gasteiger partial charge in [0.25, 0.3) is 0 Å². The van der Waals surface area contributed by atoms with Crippen molar-refractivity contribution in [1.29, 1.82) is 0 Å². The van der Waals surface area contributed by atoms with Gasteiger partial charge in [0.2, 0.25) is 0 Å². The second kappa shape index (κ2) is 6.81. The number of benzene rings is 1. The average Bonchev–Trinajstić information content (AvgIpc) is 2.76. The van der Waals surface area contributed by atoms with E-state index in [0.29, 0.717) is 0 Å². The summed E-state index contributed by atoms with van der Waals surface area (Å²) in [5.74, 6) is 1.26. The van der Waals surface area contributed by atoms with Crippen LogP contribution < -0.4 is 5.32 Å². The largest absolute Gasteiger partial charge is 0.310 e. The van der Waals surface area contributed by atoms with E-state index in [-0.39, 0.29) is 0 Å². The highest BCUT2D eigenvalue weighted by Gasteiger charge is 2.24. The molecular formula is C17H27NS. The summed E-state index contributed by atoms with van der Waals surface area (Å²) in [6.45, 7) is 9.96. The Morgan fingerprint density at radius 3 is 2.47 bits per heavy atom. The molecule has 1 aliphatic rings. The van der Waals surface area contributed by atoms with Crippen LogP contribution in [0.2, 0.25) is 0 Å². The van der Waals surface area contributed by atoms with Crippen LogP contribution in [0.25, 0.3) is 0 Å². The average molecular weight is 277 g/mol. The molecular weight excluding hydrogens is 250 g/mol. The molecule has 1 nitrogen and oxygen atoms in total. The summed E-state index contributed by atoms with van der Waals surface area (Å²) in [4.78, 5) is 0. The summed E-state index contributed by atoms with van der Waals surface area (Å²) in [6.07, 6.45) is 4.09. The third-order valence-corrected chi connectivity index (χ3v) is 5.43. The van der Waals surface area contributed by atoms with Crippen molar-refractivity contribution in [1.82, 2.24) is 5.32 Å². The Balaban J connectivity index is 1.90. The Bertz CT molecular complexity index is 404. The smallest absolute Gasteiger partial charge is 0.0213 e. The summed E-state index contributed by atoms with van der Waals surface area (Å²) in [5, 5.41) is 4.67. The molecule has 1 saturated carbocycles. The number of aryl methyl sites for hydroxylation is 3. The van der Waals surface area contributed by atoms with E-state index < -0.39 is 0 Å². The zero-order valence-corrected chi connectivity index (χ0v) is 13.6. The number of thioether (sulfide) groups is 1. The topological polar surface area (TPSA) is 12.0 Å². The third-order valence-electron chi connectivity index (χ3n) is 4.19. The van der Waals surface area contributed by atoms with Gasteiger partial charge in [-0.2, -0.15) is 11.8 Å². The molecule has 0 bridgehead atoms. The van der Waals surface area contributed by atoms with E-state index in [0.717, 1.165) is 17.8 Å². The van der Waals surface area contributed by atoms with Crippen LogP contribution in [0.15, 0.2) is 12.1 Å². The zero-order valence-electron chi connectivity index (χ0n) is 12.8. The molecule has 1 aliphatic carbocycles. The van der Waals surface area contributed by atoms with Gasteiger partial charge in [-0.05, 0) is 62.5 Å². The van der Waals surface area contributed by atoms with Crippen LogP contribution in [0.3, 0.4) is 0 Å². The number of rotatable bonds is 5. The number of hydrogen-bond donors (Lipinski definition) is 1. The molecule has 2 heteroatoms. The van der Waals surface area contributed by atoms with Crippen molar-refractivity contribution in [2.75, 3.05) is 5.75 Å². The lowest BCUT2D eigenvalue weighted by Crippen LogP contribution is -2.26. The molecule has 0 aromatic heterocycles. The minimum absolute atomic E-state index is 0.726. The highest BCUT2D eigenvalue weighted by Crippen LogP contribution is 2.30. The molecule has 0 amide bonds. The standard InChI is InChI=1S/C17H27NS/c1-5-19-16-7-6-15(10-16)18-11-17-13(3)8-12(2)9-14(17)4/h8-9,15-16,18H,5-7,10-11H2,1-4H3. The van der Waals surface area contributed by atoms with Crippen molar-refractivity contribution < 1.29 is 0 Å². The molecule has 2 unspecified atom stereocenters. The summed E-state index contributed by atoms with van der Waals surface area (Å²) < 4.78 is 0. The van der Waals surface area contributed by atoms with E-state index >= 15 is 0 Å². The SMILES string of the molecule is CCSC1CCC(NCc2c(C)cc(C)cc2C)C1. The molecule has 106 valence electrons. The van der Waals surface area contributed by atoms with Gasteiger partial charge in [0.05, 0.1) is 0 Å². The first-order chi connectivity index (χ1) is 9.10. The first-order valence-corrected chi connectivity index (χ1v) is 8.56. The van der Waals surface area contributed by atoms with E-state index in [2.05, 4.69) is 56.9 Å². The van der Waals surface area contributed by atoms with Gasteiger partial charge in [-0.15, -0.1) is 0 Å². The fourth-order valence-electron chi connectivity index (χ4n) is 3.25. The monoisotopic (exact) mass is 277 g/mol. The molecule has 1 N–H and O–H groups in total. The molecule has 0 saturated heterocycles. The Hall–Kier alpha value is -0.470. The van der Waals surface area contributed by atoms with Gasteiger partial charge in [-0.3, -0.25) is 0 Å². The van der Waals surface area contributed by atoms with E-state index in [1.807, 2.05) is 0 Å². The highest BCUT2D eigenvalue weighted by molar-refractivity contribution is 7.99. The van der Waals surface area contributed by atoms with Crippen LogP contribution in [0.1, 0.15) is 48.4 Å². The molecule has 0 aliphatic heterocycles. The second-order valence-electron chi connectivity index (χ2n) is 5.85. The number of hydrogen-bond acceptors (Lipinski definition) is 2. The quantitative estimate of drug-likeness (QED) is 0.857. The second-order valence-corrected chi connectivity index (χ2v) is 7.42. The minimum atomic E-state index is 0.726. The van der Waals surface area contributed by atoms with E-state index in [1.165, 1.54) is 47.3 Å². The maximum Gasteiger partial charge on any atom is 0.0213 e. The van der Waals surface area contributed by atoms with Crippen LogP contribution in [0, 0.1) is 20.8 Å². The van der Waals surface area contributed by atoms with Gasteiger partial charge in [-0.25, -0.2) is 0 Å². The summed E-state index contributed by atoms with van der Waals surface area (Å²) >= 11 is 2.13. The Kier molecular flexibility index (Phi) is 5.35. The van der Waals surface area contributed by atoms with E-state index in [1.54, 1.807) is 0 Å². The Morgan fingerprint density at radius 2 is 1.84 bits per heavy atom. The first kappa shape index (κ1) is 14.9. The van der Waals surface area contributed by atoms with Crippen LogP contribution in [-0.2, 0) is 6.54 Å². The molecule has 2 rings (SSSR count). The van der Waals surface area contributed by atoms with Gasteiger partial charge >= 0.3 is 0 Å². The van der Waals surface area contributed by atoms with Crippen molar-refractivity contribution in [2.24, 2.45) is 0 Å². The summed E-state index contributed by atoms with van der Waals surface area (Å²) in [6, 6.07) is 5.33. The van der Waals surface area contributed by atoms with Gasteiger partial charge in [-0.1, -0.05) is 24.6 Å². The van der Waals surface area contributed by atoms with E-state index in [4.69, 9.17) is 0 Å². The van der Waals surface area contributed by atoms with Crippen molar-refractivity contribution in [3.05, 3.63) is 34.4 Å². The molecule has 0 spiro atoms. The van der Waals surface area contributed by atoms with Gasteiger partial charge in [0.1, 0.15) is 0 Å². The normalized spacial score (nSPS) is 22.9. The predicted molar refractivity (Wildman–Crippen MR) is 87.1 cm³/mol. The lowest BCUT2D eigenvalue weighted by molar-refractivity contribution is 0.523. The van der Waals surface area contributed by atoms with Gasteiger partial charge in [0.15, 0.2) is 0 Å². The molecule has 0 radical (unpaired) electrons. The maximum absolute atomic E-state index is 3.77. The maximum atomic E-state index is 3.77. The molecule has 2 atom stereocenters. The van der Waals surface area contributed by atoms with Crippen LogP contribution in [0.5, 0.6) is 0 Å². The molecule has 0 heterocycles. The van der Waals surface area contributed by atoms with Gasteiger partial charge in [0, 0.05) is 17.8 Å². The first-order valence-electron chi connectivity index (χ1n) is 7.51. The Morgan fingerprint density at radius 1 is 1.16 bits per heavy atom. The van der Waals surface area contributed by atoms with E-state index in [9.17, 15) is 0 Å². The molecule has 1 fully saturated rings. The van der Waals surface area contributed by atoms with Crippen LogP contribution >= 0.6 is 11.8 Å². The highest BCUT2D eigenvalue weighted by atomic mass is 32.2. The molecule has 1 aromatic rings. The van der Waals surface area contributed by atoms with Crippen LogP contribution in [0.4, 0.5) is 0 Å². The number of nitrogens with one attached hydrogen (secondary N) is 1. The summed E-state index contributed by atoms with van der Waals surface area (Å²) in [7, 11) is 0. The van der Waals surface area contributed by atoms with Crippen LogP contribution in [-0.4, -0.2) is 17.0 Å². The lowest BCUT2D eigenvalue weighted by Gasteiger charge is -2.16. The fourth-order valence-corrected chi connectivity index (χ4v) is 4.39. The predicted octanol–water partition coefficient (Wildman–Crippen LogP) is 4.38. The Labute approximate surface area is 122 Å². The van der Waals surface area contributed by atoms with Gasteiger partial charge < -0.3 is 5.32 Å². The summed E-state index contributed by atoms with van der Waals surface area (Å²) in [5.41, 5.74) is 5.74. The molecule has 19 heavy (non-hydrogen) atoms. The van der Waals surface area contributed by atoms with Crippen molar-refractivity contribution in [2.45, 2.75) is 64.8 Å². The van der Waals surface area contributed by atoms with Crippen molar-refractivity contribution >= 4 is 11.8 Å². The van der Waals surface area contributed by atoms with Crippen molar-refractivity contribution in [3.63, 3.8) is 0 Å². The lowest BCUT2D eigenvalue weighted by atomic mass is 9.99. The van der Waals surface area contributed by atoms with Crippen molar-refractivity contribution in [3.8, 4) is 0 Å². The zero-order chi connectivity index (χ0) is 13.8.